The number of rotatable bonds is 3. The Morgan fingerprint density at radius 2 is 1.89 bits per heavy atom. The monoisotopic (exact) mass is 294 g/mol. The zero-order valence-electron chi connectivity index (χ0n) is 9.75. The Bertz CT molecular complexity index is 650. The highest BCUT2D eigenvalue weighted by molar-refractivity contribution is 6.31. The number of nitrogens with zero attached hydrogens (tertiary/aromatic N) is 1. The van der Waals surface area contributed by atoms with Crippen molar-refractivity contribution >= 4 is 28.9 Å². The molecule has 0 saturated heterocycles. The fraction of sp³-hybridized carbons (Fsp3) is 0.0714. The van der Waals surface area contributed by atoms with E-state index in [1.807, 2.05) is 6.07 Å². The van der Waals surface area contributed by atoms with Crippen LogP contribution in [0.25, 0.3) is 0 Å². The maximum absolute atomic E-state index is 13.0. The first kappa shape index (κ1) is 13.7. The van der Waals surface area contributed by atoms with Crippen LogP contribution >= 0.6 is 23.2 Å². The molecule has 19 heavy (non-hydrogen) atoms. The zero-order chi connectivity index (χ0) is 13.8. The van der Waals surface area contributed by atoms with Crippen LogP contribution in [-0.2, 0) is 6.54 Å². The van der Waals surface area contributed by atoms with Crippen molar-refractivity contribution < 1.29 is 4.39 Å². The molecule has 0 aliphatic carbocycles. The van der Waals surface area contributed by atoms with Gasteiger partial charge in [-0.1, -0.05) is 29.3 Å². The van der Waals surface area contributed by atoms with Gasteiger partial charge < -0.3 is 5.32 Å². The van der Waals surface area contributed by atoms with Crippen LogP contribution in [0.15, 0.2) is 36.4 Å². The third-order valence-electron chi connectivity index (χ3n) is 2.57. The van der Waals surface area contributed by atoms with Crippen molar-refractivity contribution in [3.8, 4) is 6.07 Å². The Hall–Kier alpha value is -1.76. The highest BCUT2D eigenvalue weighted by Crippen LogP contribution is 2.21. The third kappa shape index (κ3) is 3.37. The number of nitrogens with one attached hydrogen (secondary N) is 1. The molecular formula is C14H9Cl2FN2. The first-order chi connectivity index (χ1) is 9.10. The fourth-order valence-electron chi connectivity index (χ4n) is 1.57. The number of hydrogen-bond acceptors (Lipinski definition) is 2. The SMILES string of the molecule is N#Cc1cc(NCc2ccc(F)c(Cl)c2)ccc1Cl. The molecule has 0 amide bonds. The average Bonchev–Trinajstić information content (AvgIpc) is 2.41. The molecule has 5 heteroatoms. The number of nitriles is 1. The van der Waals surface area contributed by atoms with E-state index in [1.54, 1.807) is 30.3 Å². The molecule has 2 rings (SSSR count). The van der Waals surface area contributed by atoms with Crippen LogP contribution in [0.4, 0.5) is 10.1 Å². The minimum atomic E-state index is -0.441. The Morgan fingerprint density at radius 1 is 1.11 bits per heavy atom. The molecule has 0 atom stereocenters. The minimum Gasteiger partial charge on any atom is -0.381 e. The predicted octanol–water partition coefficient (Wildman–Crippen LogP) is 4.62. The lowest BCUT2D eigenvalue weighted by molar-refractivity contribution is 0.627. The Balaban J connectivity index is 2.10. The molecule has 0 aliphatic heterocycles. The number of benzene rings is 2. The van der Waals surface area contributed by atoms with Gasteiger partial charge in [0, 0.05) is 12.2 Å². The van der Waals surface area contributed by atoms with E-state index < -0.39 is 5.82 Å². The summed E-state index contributed by atoms with van der Waals surface area (Å²) in [6.45, 7) is 0.479. The summed E-state index contributed by atoms with van der Waals surface area (Å²) in [7, 11) is 0. The second-order valence-corrected chi connectivity index (χ2v) is 4.72. The quantitative estimate of drug-likeness (QED) is 0.897. The molecule has 96 valence electrons. The van der Waals surface area contributed by atoms with Gasteiger partial charge in [0.15, 0.2) is 0 Å². The van der Waals surface area contributed by atoms with E-state index in [2.05, 4.69) is 5.32 Å². The molecule has 2 nitrogen and oxygen atoms in total. The average molecular weight is 295 g/mol. The zero-order valence-corrected chi connectivity index (χ0v) is 11.3. The van der Waals surface area contributed by atoms with Crippen LogP contribution < -0.4 is 5.32 Å². The largest absolute Gasteiger partial charge is 0.381 e. The van der Waals surface area contributed by atoms with Gasteiger partial charge in [-0.2, -0.15) is 5.26 Å². The van der Waals surface area contributed by atoms with Crippen LogP contribution in [0, 0.1) is 17.1 Å². The molecule has 0 unspecified atom stereocenters. The normalized spacial score (nSPS) is 10.0. The van der Waals surface area contributed by atoms with Gasteiger partial charge in [0.1, 0.15) is 11.9 Å². The Morgan fingerprint density at radius 3 is 2.58 bits per heavy atom. The lowest BCUT2D eigenvalue weighted by atomic mass is 10.2. The van der Waals surface area contributed by atoms with E-state index in [-0.39, 0.29) is 5.02 Å². The first-order valence-electron chi connectivity index (χ1n) is 5.47. The van der Waals surface area contributed by atoms with E-state index in [9.17, 15) is 4.39 Å². The summed E-state index contributed by atoms with van der Waals surface area (Å²) in [6.07, 6.45) is 0. The van der Waals surface area contributed by atoms with E-state index in [0.29, 0.717) is 17.1 Å². The van der Waals surface area contributed by atoms with Crippen molar-refractivity contribution in [2.24, 2.45) is 0 Å². The standard InChI is InChI=1S/C14H9Cl2FN2/c15-12-3-2-11(6-10(12)7-18)19-8-9-1-4-14(17)13(16)5-9/h1-6,19H,8H2. The second kappa shape index (κ2) is 5.92. The number of hydrogen-bond donors (Lipinski definition) is 1. The maximum atomic E-state index is 13.0. The lowest BCUT2D eigenvalue weighted by Gasteiger charge is -2.08. The summed E-state index contributed by atoms with van der Waals surface area (Å²) in [5, 5.41) is 12.5. The van der Waals surface area contributed by atoms with Crippen LogP contribution in [0.1, 0.15) is 11.1 Å². The van der Waals surface area contributed by atoms with Gasteiger partial charge in [-0.15, -0.1) is 0 Å². The smallest absolute Gasteiger partial charge is 0.141 e. The van der Waals surface area contributed by atoms with E-state index >= 15 is 0 Å². The molecule has 0 fully saturated rings. The van der Waals surface area contributed by atoms with Crippen LogP contribution in [0.5, 0.6) is 0 Å². The summed E-state index contributed by atoms with van der Waals surface area (Å²) in [5.41, 5.74) is 2.02. The molecule has 1 N–H and O–H groups in total. The third-order valence-corrected chi connectivity index (χ3v) is 3.19. The fourth-order valence-corrected chi connectivity index (χ4v) is 1.94. The Kier molecular flexibility index (Phi) is 4.26. The molecule has 0 radical (unpaired) electrons. The summed E-state index contributed by atoms with van der Waals surface area (Å²) in [4.78, 5) is 0. The molecule has 2 aromatic rings. The molecule has 0 aromatic heterocycles. The van der Waals surface area contributed by atoms with Crippen molar-refractivity contribution in [3.05, 3.63) is 63.4 Å². The topological polar surface area (TPSA) is 35.8 Å². The molecule has 0 aliphatic rings. The number of halogens is 3. The van der Waals surface area contributed by atoms with E-state index in [4.69, 9.17) is 28.5 Å². The van der Waals surface area contributed by atoms with Crippen molar-refractivity contribution in [2.45, 2.75) is 6.54 Å². The molecule has 0 heterocycles. The van der Waals surface area contributed by atoms with Gasteiger partial charge >= 0.3 is 0 Å². The minimum absolute atomic E-state index is 0.0909. The van der Waals surface area contributed by atoms with Crippen molar-refractivity contribution in [1.82, 2.24) is 0 Å². The van der Waals surface area contributed by atoms with Crippen LogP contribution in [-0.4, -0.2) is 0 Å². The first-order valence-corrected chi connectivity index (χ1v) is 6.23. The van der Waals surface area contributed by atoms with Gasteiger partial charge in [0.05, 0.1) is 15.6 Å². The molecule has 0 bridgehead atoms. The summed E-state index contributed by atoms with van der Waals surface area (Å²) < 4.78 is 13.0. The van der Waals surface area contributed by atoms with Crippen molar-refractivity contribution in [3.63, 3.8) is 0 Å². The van der Waals surface area contributed by atoms with Gasteiger partial charge in [-0.25, -0.2) is 4.39 Å². The van der Waals surface area contributed by atoms with Crippen molar-refractivity contribution in [1.29, 1.82) is 5.26 Å². The van der Waals surface area contributed by atoms with Gasteiger partial charge in [-0.3, -0.25) is 0 Å². The summed E-state index contributed by atoms with van der Waals surface area (Å²) >= 11 is 11.5. The maximum Gasteiger partial charge on any atom is 0.141 e. The van der Waals surface area contributed by atoms with Gasteiger partial charge in [0.25, 0.3) is 0 Å². The molecule has 0 spiro atoms. The van der Waals surface area contributed by atoms with Crippen molar-refractivity contribution in [2.75, 3.05) is 5.32 Å². The van der Waals surface area contributed by atoms with E-state index in [0.717, 1.165) is 11.3 Å². The number of anilines is 1. The molecule has 2 aromatic carbocycles. The van der Waals surface area contributed by atoms with Gasteiger partial charge in [-0.05, 0) is 35.9 Å². The second-order valence-electron chi connectivity index (χ2n) is 3.91. The highest BCUT2D eigenvalue weighted by atomic mass is 35.5. The van der Waals surface area contributed by atoms with Gasteiger partial charge in [0.2, 0.25) is 0 Å². The molecular weight excluding hydrogens is 286 g/mol. The summed E-state index contributed by atoms with van der Waals surface area (Å²) in [5.74, 6) is -0.441. The predicted molar refractivity (Wildman–Crippen MR) is 74.9 cm³/mol. The molecule has 0 saturated carbocycles. The van der Waals surface area contributed by atoms with E-state index in [1.165, 1.54) is 6.07 Å². The van der Waals surface area contributed by atoms with Crippen LogP contribution in [0.3, 0.4) is 0 Å². The van der Waals surface area contributed by atoms with Crippen LogP contribution in [0.2, 0.25) is 10.0 Å². The Labute approximate surface area is 120 Å². The summed E-state index contributed by atoms with van der Waals surface area (Å²) in [6, 6.07) is 11.6. The highest BCUT2D eigenvalue weighted by Gasteiger charge is 2.03. The lowest BCUT2D eigenvalue weighted by Crippen LogP contribution is -2.00.